The number of thioether (sulfide) groups is 1. The number of likely N-dealkylation sites (N-methyl/N-ethyl adjacent to an activating group) is 1. The molecular weight excluding hydrogens is 630 g/mol. The van der Waals surface area contributed by atoms with Gasteiger partial charge in [-0.05, 0) is 72.6 Å². The third-order valence-electron chi connectivity index (χ3n) is 7.89. The molecule has 1 aromatic heterocycles. The SMILES string of the molecule is CCN(CC)CCN(Cc1ccc(-c2ccc(C(F)(F)F)cc2)cc1)C(=O)Cc1nc(SCc2ccc(F)cc2)[nH]c(=O)c1CCN. The number of rotatable bonds is 15. The van der Waals surface area contributed by atoms with E-state index in [1.807, 2.05) is 24.3 Å². The molecule has 0 bridgehead atoms. The molecule has 1 heterocycles. The Bertz CT molecular complexity index is 1660. The maximum Gasteiger partial charge on any atom is 0.416 e. The monoisotopic (exact) mass is 669 g/mol. The Morgan fingerprint density at radius 3 is 2.06 bits per heavy atom. The number of hydrogen-bond donors (Lipinski definition) is 2. The lowest BCUT2D eigenvalue weighted by molar-refractivity contribution is -0.137. The highest BCUT2D eigenvalue weighted by Crippen LogP contribution is 2.31. The molecule has 0 atom stereocenters. The van der Waals surface area contributed by atoms with Crippen LogP contribution in [0.15, 0.2) is 82.7 Å². The van der Waals surface area contributed by atoms with Crippen molar-refractivity contribution in [3.05, 3.63) is 117 Å². The molecule has 0 spiro atoms. The van der Waals surface area contributed by atoms with Gasteiger partial charge in [0.2, 0.25) is 5.91 Å². The van der Waals surface area contributed by atoms with Crippen molar-refractivity contribution in [1.82, 2.24) is 19.8 Å². The highest BCUT2D eigenvalue weighted by atomic mass is 32.2. The van der Waals surface area contributed by atoms with E-state index in [2.05, 4.69) is 28.7 Å². The summed E-state index contributed by atoms with van der Waals surface area (Å²) in [6.45, 7) is 7.37. The summed E-state index contributed by atoms with van der Waals surface area (Å²) in [5.74, 6) is -0.0848. The van der Waals surface area contributed by atoms with Gasteiger partial charge in [0.15, 0.2) is 5.16 Å². The fourth-order valence-corrected chi connectivity index (χ4v) is 5.93. The molecule has 0 unspecified atom stereocenters. The molecule has 0 saturated heterocycles. The molecule has 250 valence electrons. The van der Waals surface area contributed by atoms with E-state index in [4.69, 9.17) is 5.73 Å². The number of amides is 1. The Morgan fingerprint density at radius 2 is 1.49 bits per heavy atom. The predicted octanol–water partition coefficient (Wildman–Crippen LogP) is 6.30. The number of nitrogens with two attached hydrogens (primary N) is 1. The summed E-state index contributed by atoms with van der Waals surface area (Å²) in [5, 5.41) is 0.358. The van der Waals surface area contributed by atoms with Crippen LogP contribution in [-0.4, -0.2) is 58.4 Å². The zero-order valence-electron chi connectivity index (χ0n) is 26.4. The second kappa shape index (κ2) is 16.7. The third kappa shape index (κ3) is 10.2. The Morgan fingerprint density at radius 1 is 0.894 bits per heavy atom. The van der Waals surface area contributed by atoms with Crippen LogP contribution in [0.4, 0.5) is 17.6 Å². The van der Waals surface area contributed by atoms with Crippen LogP contribution in [-0.2, 0) is 36.1 Å². The van der Waals surface area contributed by atoms with Gasteiger partial charge in [-0.25, -0.2) is 9.37 Å². The van der Waals surface area contributed by atoms with E-state index in [0.717, 1.165) is 41.9 Å². The lowest BCUT2D eigenvalue weighted by atomic mass is 10.0. The smallest absolute Gasteiger partial charge is 0.337 e. The first-order chi connectivity index (χ1) is 22.5. The average molecular weight is 670 g/mol. The third-order valence-corrected chi connectivity index (χ3v) is 8.83. The van der Waals surface area contributed by atoms with Crippen molar-refractivity contribution < 1.29 is 22.4 Å². The van der Waals surface area contributed by atoms with E-state index in [1.165, 1.54) is 36.0 Å². The number of alkyl halides is 3. The van der Waals surface area contributed by atoms with Gasteiger partial charge in [0, 0.05) is 31.0 Å². The van der Waals surface area contributed by atoms with E-state index < -0.39 is 11.7 Å². The van der Waals surface area contributed by atoms with Gasteiger partial charge < -0.3 is 20.5 Å². The second-order valence-electron chi connectivity index (χ2n) is 11.0. The predicted molar refractivity (Wildman–Crippen MR) is 177 cm³/mol. The zero-order valence-corrected chi connectivity index (χ0v) is 27.3. The van der Waals surface area contributed by atoms with E-state index in [9.17, 15) is 27.2 Å². The van der Waals surface area contributed by atoms with Gasteiger partial charge in [-0.3, -0.25) is 9.59 Å². The number of halogens is 4. The number of carbonyl (C=O) groups is 1. The number of nitrogens with one attached hydrogen (secondary N) is 1. The maximum atomic E-state index is 13.9. The number of H-pyrrole nitrogens is 1. The topological polar surface area (TPSA) is 95.3 Å². The Balaban J connectivity index is 1.54. The summed E-state index contributed by atoms with van der Waals surface area (Å²) < 4.78 is 52.3. The molecule has 47 heavy (non-hydrogen) atoms. The molecular formula is C35H39F4N5O2S. The molecule has 4 rings (SSSR count). The fourth-order valence-electron chi connectivity index (χ4n) is 5.09. The summed E-state index contributed by atoms with van der Waals surface area (Å²) in [6, 6.07) is 18.5. The molecule has 0 radical (unpaired) electrons. The van der Waals surface area contributed by atoms with Gasteiger partial charge >= 0.3 is 6.18 Å². The lowest BCUT2D eigenvalue weighted by Crippen LogP contribution is -2.39. The molecule has 4 aromatic rings. The van der Waals surface area contributed by atoms with Crippen LogP contribution in [0, 0.1) is 5.82 Å². The minimum absolute atomic E-state index is 0.0920. The highest BCUT2D eigenvalue weighted by molar-refractivity contribution is 7.98. The van der Waals surface area contributed by atoms with E-state index in [0.29, 0.717) is 47.4 Å². The quantitative estimate of drug-likeness (QED) is 0.0877. The van der Waals surface area contributed by atoms with Crippen LogP contribution >= 0.6 is 11.8 Å². The first-order valence-corrected chi connectivity index (χ1v) is 16.4. The van der Waals surface area contributed by atoms with Crippen LogP contribution in [0.5, 0.6) is 0 Å². The van der Waals surface area contributed by atoms with Crippen LogP contribution in [0.3, 0.4) is 0 Å². The van der Waals surface area contributed by atoms with E-state index in [-0.39, 0.29) is 36.7 Å². The van der Waals surface area contributed by atoms with Crippen molar-refractivity contribution in [2.45, 2.75) is 50.3 Å². The average Bonchev–Trinajstić information content (AvgIpc) is 3.06. The Labute approximate surface area is 276 Å². The van der Waals surface area contributed by atoms with Crippen LogP contribution in [0.25, 0.3) is 11.1 Å². The Kier molecular flexibility index (Phi) is 12.7. The molecule has 0 saturated carbocycles. The molecule has 0 fully saturated rings. The summed E-state index contributed by atoms with van der Waals surface area (Å²) in [4.78, 5) is 38.3. The number of nitrogens with zero attached hydrogens (tertiary/aromatic N) is 3. The fraction of sp³-hybridized carbons (Fsp3) is 0.343. The number of benzene rings is 3. The van der Waals surface area contributed by atoms with Gasteiger partial charge in [0.05, 0.1) is 17.7 Å². The van der Waals surface area contributed by atoms with Gasteiger partial charge in [-0.1, -0.05) is 74.1 Å². The first-order valence-electron chi connectivity index (χ1n) is 15.5. The van der Waals surface area contributed by atoms with Gasteiger partial charge in [0.25, 0.3) is 5.56 Å². The molecule has 7 nitrogen and oxygen atoms in total. The van der Waals surface area contributed by atoms with Crippen molar-refractivity contribution >= 4 is 17.7 Å². The van der Waals surface area contributed by atoms with Crippen molar-refractivity contribution in [1.29, 1.82) is 0 Å². The van der Waals surface area contributed by atoms with Crippen molar-refractivity contribution in [3.8, 4) is 11.1 Å². The molecule has 3 N–H and O–H groups in total. The van der Waals surface area contributed by atoms with E-state index in [1.54, 1.807) is 17.0 Å². The van der Waals surface area contributed by atoms with Gasteiger partial charge in [-0.2, -0.15) is 13.2 Å². The summed E-state index contributed by atoms with van der Waals surface area (Å²) in [7, 11) is 0. The number of aromatic nitrogens is 2. The van der Waals surface area contributed by atoms with Crippen LogP contribution in [0.1, 0.15) is 41.8 Å². The van der Waals surface area contributed by atoms with Crippen molar-refractivity contribution in [2.24, 2.45) is 5.73 Å². The molecule has 12 heteroatoms. The Hall–Kier alpha value is -4.00. The molecule has 0 aliphatic rings. The van der Waals surface area contributed by atoms with Crippen molar-refractivity contribution in [2.75, 3.05) is 32.7 Å². The first kappa shape index (κ1) is 35.8. The summed E-state index contributed by atoms with van der Waals surface area (Å²) >= 11 is 1.29. The zero-order chi connectivity index (χ0) is 34.0. The second-order valence-corrected chi connectivity index (χ2v) is 12.0. The molecule has 0 aliphatic carbocycles. The van der Waals surface area contributed by atoms with Crippen LogP contribution in [0.2, 0.25) is 0 Å². The maximum absolute atomic E-state index is 13.9. The number of hydrogen-bond acceptors (Lipinski definition) is 6. The van der Waals surface area contributed by atoms with Gasteiger partial charge in [0.1, 0.15) is 5.82 Å². The van der Waals surface area contributed by atoms with Crippen molar-refractivity contribution in [3.63, 3.8) is 0 Å². The molecule has 1 amide bonds. The van der Waals surface area contributed by atoms with Crippen LogP contribution < -0.4 is 11.3 Å². The minimum Gasteiger partial charge on any atom is -0.337 e. The van der Waals surface area contributed by atoms with Gasteiger partial charge in [-0.15, -0.1) is 0 Å². The highest BCUT2D eigenvalue weighted by Gasteiger charge is 2.30. The number of aromatic amines is 1. The normalized spacial score (nSPS) is 11.7. The summed E-state index contributed by atoms with van der Waals surface area (Å²) in [6.07, 6.45) is -4.23. The minimum atomic E-state index is -4.40. The molecule has 0 aliphatic heterocycles. The lowest BCUT2D eigenvalue weighted by Gasteiger charge is -2.27. The summed E-state index contributed by atoms with van der Waals surface area (Å²) in [5.41, 5.74) is 8.61. The van der Waals surface area contributed by atoms with E-state index >= 15 is 0 Å². The standard InChI is InChI=1S/C35H39F4N5O2S/c1-3-43(4-2)19-20-44(22-24-5-9-26(10-6-24)27-11-13-28(14-12-27)35(37,38)39)32(45)21-31-30(17-18-40)33(46)42-34(41-31)47-23-25-7-15-29(36)16-8-25/h5-16H,3-4,17-23,40H2,1-2H3,(H,41,42,46). The number of carbonyl (C=O) groups excluding carboxylic acids is 1. The molecule has 3 aromatic carbocycles. The largest absolute Gasteiger partial charge is 0.416 e.